The van der Waals surface area contributed by atoms with Crippen molar-refractivity contribution in [1.82, 2.24) is 9.78 Å². The second-order valence-corrected chi connectivity index (χ2v) is 4.46. The first-order chi connectivity index (χ1) is 8.29. The number of aromatic nitrogens is 2. The number of rotatable bonds is 2. The Morgan fingerprint density at radius 1 is 1.41 bits per heavy atom. The highest BCUT2D eigenvalue weighted by atomic mass is 16.1. The summed E-state index contributed by atoms with van der Waals surface area (Å²) in [6.07, 6.45) is 7.82. The molecule has 1 aliphatic carbocycles. The van der Waals surface area contributed by atoms with E-state index in [1.807, 2.05) is 28.9 Å². The van der Waals surface area contributed by atoms with Crippen molar-refractivity contribution in [2.45, 2.75) is 19.4 Å². The van der Waals surface area contributed by atoms with Crippen molar-refractivity contribution in [3.63, 3.8) is 0 Å². The van der Waals surface area contributed by atoms with Crippen LogP contribution in [0.4, 0.5) is 0 Å². The fraction of sp³-hybridized carbons (Fsp3) is 0.286. The van der Waals surface area contributed by atoms with Gasteiger partial charge in [-0.2, -0.15) is 5.10 Å². The summed E-state index contributed by atoms with van der Waals surface area (Å²) in [7, 11) is 0. The molecule has 0 amide bonds. The Bertz CT molecular complexity index is 675. The molecule has 0 unspecified atom stereocenters. The Morgan fingerprint density at radius 2 is 2.18 bits per heavy atom. The van der Waals surface area contributed by atoms with Crippen LogP contribution in [0.5, 0.6) is 0 Å². The summed E-state index contributed by atoms with van der Waals surface area (Å²) in [6, 6.07) is 7.50. The predicted octanol–water partition coefficient (Wildman–Crippen LogP) is 1.79. The molecule has 1 aromatic carbocycles. The number of hydrogen-bond donors (Lipinski definition) is 0. The Balaban J connectivity index is 2.29. The zero-order valence-electron chi connectivity index (χ0n) is 9.39. The van der Waals surface area contributed by atoms with Gasteiger partial charge in [0.2, 0.25) is 5.43 Å². The lowest BCUT2D eigenvalue weighted by Gasteiger charge is -2.09. The van der Waals surface area contributed by atoms with Crippen LogP contribution < -0.4 is 5.43 Å². The zero-order valence-corrected chi connectivity index (χ0v) is 9.39. The van der Waals surface area contributed by atoms with Gasteiger partial charge in [0.05, 0.1) is 10.9 Å². The number of para-hydroxylation sites is 1. The van der Waals surface area contributed by atoms with Gasteiger partial charge in [0, 0.05) is 6.54 Å². The van der Waals surface area contributed by atoms with Crippen LogP contribution >= 0.6 is 0 Å². The van der Waals surface area contributed by atoms with Crippen LogP contribution in [0.2, 0.25) is 0 Å². The molecule has 84 valence electrons. The summed E-state index contributed by atoms with van der Waals surface area (Å²) in [4.78, 5) is 12.0. The molecule has 1 aromatic heterocycles. The highest BCUT2D eigenvalue weighted by molar-refractivity contribution is 5.79. The highest BCUT2D eigenvalue weighted by Crippen LogP contribution is 2.31. The minimum absolute atomic E-state index is 0.143. The van der Waals surface area contributed by atoms with Crippen molar-refractivity contribution in [3.05, 3.63) is 40.2 Å². The van der Waals surface area contributed by atoms with Gasteiger partial charge in [0.25, 0.3) is 0 Å². The summed E-state index contributed by atoms with van der Waals surface area (Å²) in [5, 5.41) is 4.93. The third kappa shape index (κ3) is 1.72. The quantitative estimate of drug-likeness (QED) is 0.729. The lowest BCUT2D eigenvalue weighted by Crippen LogP contribution is -2.18. The van der Waals surface area contributed by atoms with Crippen LogP contribution in [0.3, 0.4) is 0 Å². The molecule has 1 saturated carbocycles. The van der Waals surface area contributed by atoms with Gasteiger partial charge in [-0.1, -0.05) is 12.1 Å². The molecule has 3 nitrogen and oxygen atoms in total. The van der Waals surface area contributed by atoms with E-state index in [0.29, 0.717) is 11.3 Å². The van der Waals surface area contributed by atoms with Crippen LogP contribution in [0, 0.1) is 18.3 Å². The topological polar surface area (TPSA) is 34.9 Å². The van der Waals surface area contributed by atoms with Gasteiger partial charge < -0.3 is 0 Å². The van der Waals surface area contributed by atoms with E-state index in [1.54, 1.807) is 0 Å². The number of terminal acetylenes is 1. The first-order valence-corrected chi connectivity index (χ1v) is 5.76. The summed E-state index contributed by atoms with van der Waals surface area (Å²) in [6.45, 7) is 0.857. The third-order valence-corrected chi connectivity index (χ3v) is 3.13. The normalized spacial score (nSPS) is 14.8. The molecule has 3 heteroatoms. The van der Waals surface area contributed by atoms with E-state index >= 15 is 0 Å². The predicted molar refractivity (Wildman–Crippen MR) is 66.7 cm³/mol. The molecule has 0 aliphatic heterocycles. The summed E-state index contributed by atoms with van der Waals surface area (Å²) in [5.41, 5.74) is 0.947. The van der Waals surface area contributed by atoms with Gasteiger partial charge in [-0.05, 0) is 36.8 Å². The minimum Gasteiger partial charge on any atom is -0.286 e. The zero-order chi connectivity index (χ0) is 11.8. The van der Waals surface area contributed by atoms with E-state index in [9.17, 15) is 4.79 Å². The summed E-state index contributed by atoms with van der Waals surface area (Å²) in [5.74, 6) is 3.07. The fourth-order valence-electron chi connectivity index (χ4n) is 2.02. The van der Waals surface area contributed by atoms with Crippen molar-refractivity contribution >= 4 is 10.9 Å². The second-order valence-electron chi connectivity index (χ2n) is 4.46. The maximum atomic E-state index is 12.0. The van der Waals surface area contributed by atoms with Crippen molar-refractivity contribution in [1.29, 1.82) is 0 Å². The van der Waals surface area contributed by atoms with Crippen molar-refractivity contribution in [3.8, 4) is 12.3 Å². The minimum atomic E-state index is -0.143. The van der Waals surface area contributed by atoms with Crippen molar-refractivity contribution in [2.75, 3.05) is 0 Å². The van der Waals surface area contributed by atoms with Gasteiger partial charge in [-0.15, -0.1) is 6.42 Å². The Hall–Kier alpha value is -2.08. The fourth-order valence-corrected chi connectivity index (χ4v) is 2.02. The Morgan fingerprint density at radius 3 is 2.88 bits per heavy atom. The molecule has 1 aliphatic rings. The molecule has 0 radical (unpaired) electrons. The monoisotopic (exact) mass is 224 g/mol. The van der Waals surface area contributed by atoms with Gasteiger partial charge in [0.15, 0.2) is 5.69 Å². The number of benzene rings is 1. The maximum absolute atomic E-state index is 12.0. The van der Waals surface area contributed by atoms with Gasteiger partial charge in [-0.3, -0.25) is 9.48 Å². The van der Waals surface area contributed by atoms with E-state index in [4.69, 9.17) is 6.42 Å². The van der Waals surface area contributed by atoms with Crippen LogP contribution in [-0.2, 0) is 6.54 Å². The summed E-state index contributed by atoms with van der Waals surface area (Å²) < 4.78 is 1.88. The SMILES string of the molecule is C#Cc1nn(CC2CC2)c2ccccc2c1=O. The number of fused-ring (bicyclic) bond motifs is 1. The molecule has 0 bridgehead atoms. The molecule has 1 heterocycles. The smallest absolute Gasteiger partial charge is 0.223 e. The first-order valence-electron chi connectivity index (χ1n) is 5.76. The van der Waals surface area contributed by atoms with Crippen molar-refractivity contribution < 1.29 is 0 Å². The standard InChI is InChI=1S/C14H12N2O/c1-2-12-14(17)11-5-3-4-6-13(11)16(15-12)9-10-7-8-10/h1,3-6,10H,7-9H2. The molecule has 3 rings (SSSR count). The molecular weight excluding hydrogens is 212 g/mol. The molecule has 1 fully saturated rings. The van der Waals surface area contributed by atoms with E-state index in [-0.39, 0.29) is 11.1 Å². The Labute approximate surface area is 99.1 Å². The molecule has 0 atom stereocenters. The highest BCUT2D eigenvalue weighted by Gasteiger charge is 2.23. The van der Waals surface area contributed by atoms with E-state index in [2.05, 4.69) is 11.0 Å². The molecule has 0 saturated heterocycles. The lowest BCUT2D eigenvalue weighted by atomic mass is 10.2. The number of hydrogen-bond acceptors (Lipinski definition) is 2. The van der Waals surface area contributed by atoms with Gasteiger partial charge in [-0.25, -0.2) is 0 Å². The number of nitrogens with zero attached hydrogens (tertiary/aromatic N) is 2. The van der Waals surface area contributed by atoms with E-state index < -0.39 is 0 Å². The molecule has 0 spiro atoms. The molecule has 17 heavy (non-hydrogen) atoms. The van der Waals surface area contributed by atoms with Crippen LogP contribution in [0.15, 0.2) is 29.1 Å². The maximum Gasteiger partial charge on any atom is 0.223 e. The molecular formula is C14H12N2O. The summed E-state index contributed by atoms with van der Waals surface area (Å²) >= 11 is 0. The van der Waals surface area contributed by atoms with Crippen LogP contribution in [0.25, 0.3) is 10.9 Å². The van der Waals surface area contributed by atoms with Crippen LogP contribution in [-0.4, -0.2) is 9.78 Å². The van der Waals surface area contributed by atoms with Gasteiger partial charge in [0.1, 0.15) is 0 Å². The average Bonchev–Trinajstić information content (AvgIpc) is 3.17. The average molecular weight is 224 g/mol. The lowest BCUT2D eigenvalue weighted by molar-refractivity contribution is 0.569. The van der Waals surface area contributed by atoms with Gasteiger partial charge >= 0.3 is 0 Å². The largest absolute Gasteiger partial charge is 0.286 e. The van der Waals surface area contributed by atoms with Crippen molar-refractivity contribution in [2.24, 2.45) is 5.92 Å². The molecule has 0 N–H and O–H groups in total. The third-order valence-electron chi connectivity index (χ3n) is 3.13. The first kappa shape index (κ1) is 10.1. The van der Waals surface area contributed by atoms with E-state index in [0.717, 1.165) is 12.1 Å². The molecule has 2 aromatic rings. The van der Waals surface area contributed by atoms with E-state index in [1.165, 1.54) is 12.8 Å². The van der Waals surface area contributed by atoms with Crippen LogP contribution in [0.1, 0.15) is 18.5 Å². The second kappa shape index (κ2) is 3.74. The Kier molecular flexibility index (Phi) is 2.22.